The van der Waals surface area contributed by atoms with Gasteiger partial charge in [-0.1, -0.05) is 24.3 Å². The molecule has 33 heavy (non-hydrogen) atoms. The summed E-state index contributed by atoms with van der Waals surface area (Å²) in [7, 11) is 1.63. The van der Waals surface area contributed by atoms with Crippen molar-refractivity contribution in [2.45, 2.75) is 6.18 Å². The largest absolute Gasteiger partial charge is 0.495 e. The number of hydrogen-bond acceptors (Lipinski definition) is 4. The smallest absolute Gasteiger partial charge is 0.416 e. The Balaban J connectivity index is 1.42. The molecule has 172 valence electrons. The summed E-state index contributed by atoms with van der Waals surface area (Å²) in [5, 5.41) is 0. The van der Waals surface area contributed by atoms with Gasteiger partial charge in [-0.25, -0.2) is 0 Å². The van der Waals surface area contributed by atoms with E-state index in [1.54, 1.807) is 36.3 Å². The van der Waals surface area contributed by atoms with Crippen LogP contribution < -0.4 is 14.4 Å². The Labute approximate surface area is 189 Å². The number of rotatable bonds is 5. The molecule has 0 bridgehead atoms. The number of ether oxygens (including phenoxy) is 2. The van der Waals surface area contributed by atoms with Crippen molar-refractivity contribution in [3.8, 4) is 17.2 Å². The van der Waals surface area contributed by atoms with Crippen LogP contribution in [0.1, 0.15) is 15.9 Å². The molecular formula is C25H23F3N2O3. The van der Waals surface area contributed by atoms with Crippen LogP contribution in [0.15, 0.2) is 72.8 Å². The first kappa shape index (κ1) is 22.5. The number of amides is 1. The van der Waals surface area contributed by atoms with E-state index in [0.717, 1.165) is 23.6 Å². The van der Waals surface area contributed by atoms with Crippen molar-refractivity contribution >= 4 is 11.6 Å². The molecule has 0 spiro atoms. The molecule has 1 fully saturated rings. The topological polar surface area (TPSA) is 42.0 Å². The number of benzene rings is 3. The predicted molar refractivity (Wildman–Crippen MR) is 119 cm³/mol. The Morgan fingerprint density at radius 1 is 0.848 bits per heavy atom. The van der Waals surface area contributed by atoms with Crippen molar-refractivity contribution in [3.63, 3.8) is 0 Å². The van der Waals surface area contributed by atoms with Gasteiger partial charge < -0.3 is 19.3 Å². The summed E-state index contributed by atoms with van der Waals surface area (Å²) < 4.78 is 49.9. The van der Waals surface area contributed by atoms with E-state index in [9.17, 15) is 18.0 Å². The van der Waals surface area contributed by atoms with Crippen LogP contribution in [0.25, 0.3) is 0 Å². The van der Waals surface area contributed by atoms with Crippen molar-refractivity contribution in [1.29, 1.82) is 0 Å². The number of anilines is 1. The molecule has 0 saturated carbocycles. The maximum Gasteiger partial charge on any atom is 0.416 e. The van der Waals surface area contributed by atoms with Crippen LogP contribution in [0, 0.1) is 0 Å². The highest BCUT2D eigenvalue weighted by Crippen LogP contribution is 2.33. The second-order valence-corrected chi connectivity index (χ2v) is 7.61. The molecule has 4 rings (SSSR count). The predicted octanol–water partition coefficient (Wildman–Crippen LogP) is 5.47. The minimum atomic E-state index is -4.46. The molecule has 1 amide bonds. The zero-order valence-electron chi connectivity index (χ0n) is 18.0. The summed E-state index contributed by atoms with van der Waals surface area (Å²) in [5.74, 6) is 0.994. The van der Waals surface area contributed by atoms with Gasteiger partial charge in [-0.15, -0.1) is 0 Å². The fourth-order valence-electron chi connectivity index (χ4n) is 3.79. The minimum Gasteiger partial charge on any atom is -0.495 e. The lowest BCUT2D eigenvalue weighted by Crippen LogP contribution is -2.48. The monoisotopic (exact) mass is 456 g/mol. The molecule has 1 heterocycles. The summed E-state index contributed by atoms with van der Waals surface area (Å²) >= 11 is 0. The van der Waals surface area contributed by atoms with Crippen LogP contribution in [0.3, 0.4) is 0 Å². The number of alkyl halides is 3. The number of nitrogens with zero attached hydrogens (tertiary/aromatic N) is 2. The van der Waals surface area contributed by atoms with E-state index in [1.165, 1.54) is 12.1 Å². The quantitative estimate of drug-likeness (QED) is 0.511. The number of para-hydroxylation sites is 2. The Hall–Kier alpha value is -3.68. The second-order valence-electron chi connectivity index (χ2n) is 7.61. The van der Waals surface area contributed by atoms with Crippen molar-refractivity contribution < 1.29 is 27.4 Å². The van der Waals surface area contributed by atoms with Gasteiger partial charge in [-0.05, 0) is 48.5 Å². The average Bonchev–Trinajstić information content (AvgIpc) is 2.83. The van der Waals surface area contributed by atoms with Crippen LogP contribution >= 0.6 is 0 Å². The summed E-state index contributed by atoms with van der Waals surface area (Å²) in [6.45, 7) is 2.39. The minimum absolute atomic E-state index is 0.0554. The Morgan fingerprint density at radius 2 is 1.52 bits per heavy atom. The fourth-order valence-corrected chi connectivity index (χ4v) is 3.79. The van der Waals surface area contributed by atoms with E-state index >= 15 is 0 Å². The van der Waals surface area contributed by atoms with Gasteiger partial charge in [0.05, 0.1) is 18.4 Å². The van der Waals surface area contributed by atoms with Gasteiger partial charge in [0.15, 0.2) is 0 Å². The van der Waals surface area contributed by atoms with Gasteiger partial charge in [0.25, 0.3) is 5.91 Å². The third-order valence-corrected chi connectivity index (χ3v) is 5.47. The normalized spacial score (nSPS) is 14.2. The highest BCUT2D eigenvalue weighted by Gasteiger charge is 2.30. The summed E-state index contributed by atoms with van der Waals surface area (Å²) in [6, 6.07) is 18.9. The third-order valence-electron chi connectivity index (χ3n) is 5.47. The number of hydrogen-bond donors (Lipinski definition) is 0. The van der Waals surface area contributed by atoms with Gasteiger partial charge >= 0.3 is 6.18 Å². The number of carbonyl (C=O) groups is 1. The van der Waals surface area contributed by atoms with Gasteiger partial charge in [0.2, 0.25) is 0 Å². The highest BCUT2D eigenvalue weighted by atomic mass is 19.4. The van der Waals surface area contributed by atoms with Gasteiger partial charge in [-0.3, -0.25) is 4.79 Å². The maximum atomic E-state index is 13.0. The van der Waals surface area contributed by atoms with Crippen LogP contribution in [0.2, 0.25) is 0 Å². The van der Waals surface area contributed by atoms with E-state index < -0.39 is 11.7 Å². The van der Waals surface area contributed by atoms with E-state index in [0.29, 0.717) is 37.5 Å². The molecule has 3 aromatic carbocycles. The van der Waals surface area contributed by atoms with Crippen LogP contribution in [-0.2, 0) is 6.18 Å². The fraction of sp³-hybridized carbons (Fsp3) is 0.240. The lowest BCUT2D eigenvalue weighted by molar-refractivity contribution is -0.137. The molecule has 0 aliphatic carbocycles. The number of carbonyl (C=O) groups excluding carboxylic acids is 1. The highest BCUT2D eigenvalue weighted by molar-refractivity contribution is 5.94. The van der Waals surface area contributed by atoms with Crippen molar-refractivity contribution in [3.05, 3.63) is 83.9 Å². The van der Waals surface area contributed by atoms with E-state index in [1.807, 2.05) is 24.3 Å². The molecule has 0 radical (unpaired) electrons. The zero-order valence-corrected chi connectivity index (χ0v) is 18.0. The first-order valence-electron chi connectivity index (χ1n) is 10.5. The molecule has 1 aliphatic heterocycles. The summed E-state index contributed by atoms with van der Waals surface area (Å²) in [4.78, 5) is 17.0. The number of methoxy groups -OCH3 is 1. The molecule has 0 unspecified atom stereocenters. The van der Waals surface area contributed by atoms with E-state index in [2.05, 4.69) is 4.90 Å². The van der Waals surface area contributed by atoms with E-state index in [-0.39, 0.29) is 11.7 Å². The van der Waals surface area contributed by atoms with Gasteiger partial charge in [0, 0.05) is 31.7 Å². The van der Waals surface area contributed by atoms with Crippen molar-refractivity contribution in [2.75, 3.05) is 38.2 Å². The molecule has 1 aliphatic rings. The first-order chi connectivity index (χ1) is 15.8. The van der Waals surface area contributed by atoms with Crippen LogP contribution in [0.4, 0.5) is 18.9 Å². The Bertz CT molecular complexity index is 1130. The first-order valence-corrected chi connectivity index (χ1v) is 10.5. The SMILES string of the molecule is COc1ccccc1N1CCN(C(=O)c2cccc(Oc3cccc(C(F)(F)F)c3)c2)CC1. The number of piperazine rings is 1. The molecule has 0 N–H and O–H groups in total. The Kier molecular flexibility index (Phi) is 6.44. The van der Waals surface area contributed by atoms with Crippen LogP contribution in [0.5, 0.6) is 17.2 Å². The molecule has 0 aromatic heterocycles. The van der Waals surface area contributed by atoms with Crippen molar-refractivity contribution in [1.82, 2.24) is 4.90 Å². The summed E-state index contributed by atoms with van der Waals surface area (Å²) in [5.41, 5.74) is 0.619. The van der Waals surface area contributed by atoms with Crippen molar-refractivity contribution in [2.24, 2.45) is 0 Å². The van der Waals surface area contributed by atoms with Gasteiger partial charge in [0.1, 0.15) is 17.2 Å². The molecule has 5 nitrogen and oxygen atoms in total. The molecule has 1 saturated heterocycles. The second kappa shape index (κ2) is 9.44. The maximum absolute atomic E-state index is 13.0. The zero-order chi connectivity index (χ0) is 23.4. The van der Waals surface area contributed by atoms with Gasteiger partial charge in [-0.2, -0.15) is 13.2 Å². The molecule has 8 heteroatoms. The molecule has 3 aromatic rings. The number of halogens is 3. The Morgan fingerprint density at radius 3 is 2.21 bits per heavy atom. The lowest BCUT2D eigenvalue weighted by atomic mass is 10.1. The average molecular weight is 456 g/mol. The lowest BCUT2D eigenvalue weighted by Gasteiger charge is -2.36. The summed E-state index contributed by atoms with van der Waals surface area (Å²) in [6.07, 6.45) is -4.46. The third kappa shape index (κ3) is 5.22. The standard InChI is InChI=1S/C25H23F3N2O3/c1-32-23-11-3-2-10-22(23)29-12-14-30(15-13-29)24(31)18-6-4-8-20(16-18)33-21-9-5-7-19(17-21)25(26,27)28/h2-11,16-17H,12-15H2,1H3. The molecule has 0 atom stereocenters. The molecular weight excluding hydrogens is 433 g/mol. The van der Waals surface area contributed by atoms with Crippen LogP contribution in [-0.4, -0.2) is 44.1 Å². The van der Waals surface area contributed by atoms with E-state index in [4.69, 9.17) is 9.47 Å².